The maximum Gasteiger partial charge on any atom is 0.328 e. The van der Waals surface area contributed by atoms with Crippen molar-refractivity contribution >= 4 is 17.5 Å². The first-order valence-corrected chi connectivity index (χ1v) is 5.49. The Kier molecular flexibility index (Phi) is 3.39. The molecule has 2 N–H and O–H groups in total. The van der Waals surface area contributed by atoms with Gasteiger partial charge in [-0.05, 0) is 35.7 Å². The van der Waals surface area contributed by atoms with Gasteiger partial charge < -0.3 is 10.5 Å². The fourth-order valence-corrected chi connectivity index (χ4v) is 1.49. The predicted octanol–water partition coefficient (Wildman–Crippen LogP) is 2.46. The molecule has 1 aromatic heterocycles. The first-order chi connectivity index (χ1) is 8.17. The van der Waals surface area contributed by atoms with Gasteiger partial charge in [0.15, 0.2) is 0 Å². The number of rotatable bonds is 3. The summed E-state index contributed by atoms with van der Waals surface area (Å²) in [6, 6.07) is 7.74. The van der Waals surface area contributed by atoms with E-state index in [1.165, 1.54) is 0 Å². The Balaban J connectivity index is 2.24. The van der Waals surface area contributed by atoms with Crippen LogP contribution >= 0.6 is 11.6 Å². The summed E-state index contributed by atoms with van der Waals surface area (Å²) in [4.78, 5) is 11.3. The Hall–Kier alpha value is -1.88. The largest absolute Gasteiger partial charge is 0.424 e. The highest BCUT2D eigenvalue weighted by Crippen LogP contribution is 2.20. The van der Waals surface area contributed by atoms with E-state index in [0.717, 1.165) is 12.0 Å². The fraction of sp³-hybridized carbons (Fsp3) is 0.182. The highest BCUT2D eigenvalue weighted by molar-refractivity contribution is 6.28. The second kappa shape index (κ2) is 4.97. The van der Waals surface area contributed by atoms with Crippen molar-refractivity contribution in [2.45, 2.75) is 13.3 Å². The van der Waals surface area contributed by atoms with Gasteiger partial charge in [-0.1, -0.05) is 19.1 Å². The topological polar surface area (TPSA) is 73.9 Å². The van der Waals surface area contributed by atoms with E-state index in [1.54, 1.807) is 0 Å². The number of nitrogens with two attached hydrogens (primary N) is 1. The standard InChI is InChI=1S/C11H11ClN4O/c1-2-7-4-3-5-8(6-7)17-11-15-9(12)14-10(13)16-11/h3-6H,2H2,1H3,(H2,13,14,15,16). The third-order valence-corrected chi connectivity index (χ3v) is 2.29. The molecule has 1 aromatic carbocycles. The van der Waals surface area contributed by atoms with Gasteiger partial charge in [0.05, 0.1) is 0 Å². The van der Waals surface area contributed by atoms with Gasteiger partial charge in [0.1, 0.15) is 5.75 Å². The zero-order valence-corrected chi connectivity index (χ0v) is 9.98. The van der Waals surface area contributed by atoms with Crippen LogP contribution in [-0.2, 0) is 6.42 Å². The molecule has 2 aromatic rings. The van der Waals surface area contributed by atoms with E-state index >= 15 is 0 Å². The van der Waals surface area contributed by atoms with Gasteiger partial charge in [-0.2, -0.15) is 15.0 Å². The quantitative estimate of drug-likeness (QED) is 0.906. The number of nitrogen functional groups attached to an aromatic ring is 1. The van der Waals surface area contributed by atoms with Crippen molar-refractivity contribution < 1.29 is 4.74 Å². The Morgan fingerprint density at radius 3 is 2.82 bits per heavy atom. The van der Waals surface area contributed by atoms with Crippen LogP contribution in [0.1, 0.15) is 12.5 Å². The van der Waals surface area contributed by atoms with E-state index in [0.29, 0.717) is 5.75 Å². The lowest BCUT2D eigenvalue weighted by molar-refractivity contribution is 0.440. The number of aryl methyl sites for hydroxylation is 1. The Morgan fingerprint density at radius 2 is 2.12 bits per heavy atom. The minimum atomic E-state index is 0.0131. The summed E-state index contributed by atoms with van der Waals surface area (Å²) in [6.45, 7) is 2.07. The lowest BCUT2D eigenvalue weighted by Gasteiger charge is -2.05. The first kappa shape index (κ1) is 11.6. The van der Waals surface area contributed by atoms with Crippen LogP contribution in [0.2, 0.25) is 5.28 Å². The molecule has 0 aliphatic heterocycles. The molecular weight excluding hydrogens is 240 g/mol. The second-order valence-corrected chi connectivity index (χ2v) is 3.69. The molecule has 0 bridgehead atoms. The number of hydrogen-bond acceptors (Lipinski definition) is 5. The molecule has 2 rings (SSSR count). The highest BCUT2D eigenvalue weighted by atomic mass is 35.5. The normalized spacial score (nSPS) is 10.2. The van der Waals surface area contributed by atoms with E-state index in [9.17, 15) is 0 Å². The molecular formula is C11H11ClN4O. The molecule has 0 saturated carbocycles. The Bertz CT molecular complexity index is 512. The number of ether oxygens (including phenoxy) is 1. The molecule has 0 aliphatic rings. The summed E-state index contributed by atoms with van der Waals surface area (Å²) in [5.74, 6) is 0.678. The molecule has 0 amide bonds. The molecule has 0 unspecified atom stereocenters. The van der Waals surface area contributed by atoms with Crippen LogP contribution < -0.4 is 10.5 Å². The summed E-state index contributed by atoms with van der Waals surface area (Å²) < 4.78 is 5.46. The van der Waals surface area contributed by atoms with Gasteiger partial charge >= 0.3 is 6.01 Å². The summed E-state index contributed by atoms with van der Waals surface area (Å²) in [6.07, 6.45) is 0.928. The molecule has 5 nitrogen and oxygen atoms in total. The maximum atomic E-state index is 5.65. The Labute approximate surface area is 104 Å². The first-order valence-electron chi connectivity index (χ1n) is 5.11. The minimum Gasteiger partial charge on any atom is -0.424 e. The number of halogens is 1. The minimum absolute atomic E-state index is 0.0131. The second-order valence-electron chi connectivity index (χ2n) is 3.35. The van der Waals surface area contributed by atoms with Gasteiger partial charge in [0.2, 0.25) is 11.2 Å². The van der Waals surface area contributed by atoms with E-state index in [1.807, 2.05) is 24.3 Å². The molecule has 0 fully saturated rings. The van der Waals surface area contributed by atoms with Gasteiger partial charge in [-0.25, -0.2) is 0 Å². The van der Waals surface area contributed by atoms with Gasteiger partial charge in [-0.3, -0.25) is 0 Å². The van der Waals surface area contributed by atoms with Crippen molar-refractivity contribution in [1.82, 2.24) is 15.0 Å². The highest BCUT2D eigenvalue weighted by Gasteiger charge is 2.05. The van der Waals surface area contributed by atoms with E-state index < -0.39 is 0 Å². The summed E-state index contributed by atoms with van der Waals surface area (Å²) in [5.41, 5.74) is 6.61. The lowest BCUT2D eigenvalue weighted by atomic mass is 10.2. The van der Waals surface area contributed by atoms with E-state index in [4.69, 9.17) is 22.1 Å². The van der Waals surface area contributed by atoms with Crippen LogP contribution in [0.5, 0.6) is 11.8 Å². The van der Waals surface area contributed by atoms with Crippen LogP contribution in [-0.4, -0.2) is 15.0 Å². The van der Waals surface area contributed by atoms with Crippen LogP contribution in [0.4, 0.5) is 5.95 Å². The number of nitrogens with zero attached hydrogens (tertiary/aromatic N) is 3. The number of hydrogen-bond donors (Lipinski definition) is 1. The van der Waals surface area contributed by atoms with Crippen LogP contribution in [0.3, 0.4) is 0 Å². The van der Waals surface area contributed by atoms with Crippen LogP contribution in [0.15, 0.2) is 24.3 Å². The molecule has 0 aliphatic carbocycles. The molecule has 0 radical (unpaired) electrons. The van der Waals surface area contributed by atoms with E-state index in [-0.39, 0.29) is 17.2 Å². The van der Waals surface area contributed by atoms with Crippen molar-refractivity contribution in [3.05, 3.63) is 35.1 Å². The third kappa shape index (κ3) is 3.04. The van der Waals surface area contributed by atoms with Crippen molar-refractivity contribution in [2.75, 3.05) is 5.73 Å². The van der Waals surface area contributed by atoms with Crippen molar-refractivity contribution in [1.29, 1.82) is 0 Å². The van der Waals surface area contributed by atoms with Crippen LogP contribution in [0.25, 0.3) is 0 Å². The van der Waals surface area contributed by atoms with Gasteiger partial charge in [-0.15, -0.1) is 0 Å². The third-order valence-electron chi connectivity index (χ3n) is 2.12. The van der Waals surface area contributed by atoms with Crippen LogP contribution in [0, 0.1) is 0 Å². The van der Waals surface area contributed by atoms with Gasteiger partial charge in [0.25, 0.3) is 0 Å². The lowest BCUT2D eigenvalue weighted by Crippen LogP contribution is -2.00. The fourth-order valence-electron chi connectivity index (χ4n) is 1.33. The van der Waals surface area contributed by atoms with E-state index in [2.05, 4.69) is 21.9 Å². The molecule has 88 valence electrons. The average Bonchev–Trinajstić information content (AvgIpc) is 2.28. The zero-order chi connectivity index (χ0) is 12.3. The maximum absolute atomic E-state index is 5.65. The SMILES string of the molecule is CCc1cccc(Oc2nc(N)nc(Cl)n2)c1. The van der Waals surface area contributed by atoms with Crippen molar-refractivity contribution in [2.24, 2.45) is 0 Å². The molecule has 0 spiro atoms. The monoisotopic (exact) mass is 250 g/mol. The molecule has 6 heteroatoms. The number of anilines is 1. The van der Waals surface area contributed by atoms with Crippen molar-refractivity contribution in [3.63, 3.8) is 0 Å². The Morgan fingerprint density at radius 1 is 1.29 bits per heavy atom. The smallest absolute Gasteiger partial charge is 0.328 e. The molecule has 17 heavy (non-hydrogen) atoms. The molecule has 0 atom stereocenters. The summed E-state index contributed by atoms with van der Waals surface area (Å²) in [5, 5.41) is 0.0131. The average molecular weight is 251 g/mol. The number of aromatic nitrogens is 3. The van der Waals surface area contributed by atoms with Crippen molar-refractivity contribution in [3.8, 4) is 11.8 Å². The zero-order valence-electron chi connectivity index (χ0n) is 9.22. The van der Waals surface area contributed by atoms with Gasteiger partial charge in [0, 0.05) is 0 Å². The number of benzene rings is 1. The molecule has 1 heterocycles. The predicted molar refractivity (Wildman–Crippen MR) is 65.1 cm³/mol. The summed E-state index contributed by atoms with van der Waals surface area (Å²) >= 11 is 5.65. The molecule has 0 saturated heterocycles. The summed E-state index contributed by atoms with van der Waals surface area (Å²) in [7, 11) is 0.